The van der Waals surface area contributed by atoms with Crippen molar-refractivity contribution in [3.63, 3.8) is 0 Å². The molecule has 3 aromatic rings. The number of nitrogen functional groups attached to an aromatic ring is 1. The van der Waals surface area contributed by atoms with Crippen LogP contribution in [-0.2, 0) is 13.1 Å². The van der Waals surface area contributed by atoms with Gasteiger partial charge in [0.05, 0.1) is 11.4 Å². The Hall–Kier alpha value is -2.98. The molecular formula is C28H35N3O. The van der Waals surface area contributed by atoms with Crippen LogP contribution in [0.4, 0.5) is 11.4 Å². The van der Waals surface area contributed by atoms with Crippen LogP contribution in [0.1, 0.15) is 52.6 Å². The lowest BCUT2D eigenvalue weighted by atomic mass is 9.84. The Morgan fingerprint density at radius 3 is 2.69 bits per heavy atom. The Bertz CT molecular complexity index is 1090. The number of nitrogens with one attached hydrogen (secondary N) is 1. The van der Waals surface area contributed by atoms with Crippen molar-refractivity contribution < 1.29 is 4.74 Å². The van der Waals surface area contributed by atoms with Crippen molar-refractivity contribution >= 4 is 11.4 Å². The highest BCUT2D eigenvalue weighted by atomic mass is 16.5. The molecule has 0 bridgehead atoms. The molecule has 0 aliphatic carbocycles. The van der Waals surface area contributed by atoms with Gasteiger partial charge in [-0.05, 0) is 60.2 Å². The second-order valence-corrected chi connectivity index (χ2v) is 8.80. The first-order chi connectivity index (χ1) is 15.5. The number of benzene rings is 3. The summed E-state index contributed by atoms with van der Waals surface area (Å²) < 4.78 is 5.97. The average Bonchev–Trinajstić information content (AvgIpc) is 3.01. The second kappa shape index (κ2) is 9.66. The number of hydrogen-bond donors (Lipinski definition) is 2. The van der Waals surface area contributed by atoms with Gasteiger partial charge in [-0.25, -0.2) is 0 Å². The van der Waals surface area contributed by atoms with Gasteiger partial charge in [-0.1, -0.05) is 49.4 Å². The molecule has 1 unspecified atom stereocenters. The minimum absolute atomic E-state index is 0.329. The zero-order valence-electron chi connectivity index (χ0n) is 19.7. The zero-order valence-corrected chi connectivity index (χ0v) is 19.7. The predicted molar refractivity (Wildman–Crippen MR) is 135 cm³/mol. The van der Waals surface area contributed by atoms with Gasteiger partial charge in [0.25, 0.3) is 0 Å². The predicted octanol–water partition coefficient (Wildman–Crippen LogP) is 5.86. The summed E-state index contributed by atoms with van der Waals surface area (Å²) >= 11 is 0. The lowest BCUT2D eigenvalue weighted by Crippen LogP contribution is -2.25. The van der Waals surface area contributed by atoms with Crippen molar-refractivity contribution in [2.75, 3.05) is 31.2 Å². The Morgan fingerprint density at radius 2 is 1.91 bits per heavy atom. The van der Waals surface area contributed by atoms with Gasteiger partial charge in [0.1, 0.15) is 12.4 Å². The summed E-state index contributed by atoms with van der Waals surface area (Å²) in [6.07, 6.45) is 1.03. The van der Waals surface area contributed by atoms with E-state index in [9.17, 15) is 0 Å². The fraction of sp³-hybridized carbons (Fsp3) is 0.357. The number of nitrogens with two attached hydrogens (primary N) is 1. The van der Waals surface area contributed by atoms with Crippen LogP contribution in [0.15, 0.2) is 54.6 Å². The summed E-state index contributed by atoms with van der Waals surface area (Å²) in [4.78, 5) is 2.49. The summed E-state index contributed by atoms with van der Waals surface area (Å²) in [7, 11) is 1.92. The smallest absolute Gasteiger partial charge is 0.123 e. The van der Waals surface area contributed by atoms with E-state index in [-0.39, 0.29) is 0 Å². The molecule has 4 nitrogen and oxygen atoms in total. The second-order valence-electron chi connectivity index (χ2n) is 8.80. The quantitative estimate of drug-likeness (QED) is 0.482. The molecule has 32 heavy (non-hydrogen) atoms. The van der Waals surface area contributed by atoms with E-state index in [1.54, 1.807) is 0 Å². The van der Waals surface area contributed by atoms with Gasteiger partial charge in [-0.2, -0.15) is 0 Å². The topological polar surface area (TPSA) is 50.5 Å². The van der Waals surface area contributed by atoms with Crippen LogP contribution in [0.25, 0.3) is 0 Å². The Morgan fingerprint density at radius 1 is 1.09 bits per heavy atom. The van der Waals surface area contributed by atoms with Crippen LogP contribution in [0.3, 0.4) is 0 Å². The van der Waals surface area contributed by atoms with Gasteiger partial charge in [0.15, 0.2) is 0 Å². The molecule has 0 spiro atoms. The maximum Gasteiger partial charge on any atom is 0.123 e. The highest BCUT2D eigenvalue weighted by Crippen LogP contribution is 2.36. The summed E-state index contributed by atoms with van der Waals surface area (Å²) in [5.74, 6) is 1.35. The largest absolute Gasteiger partial charge is 0.492 e. The van der Waals surface area contributed by atoms with Crippen molar-refractivity contribution in [2.45, 2.75) is 46.2 Å². The molecule has 0 radical (unpaired) electrons. The van der Waals surface area contributed by atoms with Crippen molar-refractivity contribution in [2.24, 2.45) is 0 Å². The van der Waals surface area contributed by atoms with Gasteiger partial charge < -0.3 is 15.8 Å². The number of hydrogen-bond acceptors (Lipinski definition) is 4. The summed E-state index contributed by atoms with van der Waals surface area (Å²) in [6.45, 7) is 10.1. The Kier molecular flexibility index (Phi) is 6.71. The molecule has 1 heterocycles. The van der Waals surface area contributed by atoms with Crippen molar-refractivity contribution in [3.05, 3.63) is 88.0 Å². The molecule has 168 valence electrons. The molecule has 0 amide bonds. The summed E-state index contributed by atoms with van der Waals surface area (Å²) in [5.41, 5.74) is 16.1. The molecule has 0 fully saturated rings. The van der Waals surface area contributed by atoms with Crippen LogP contribution in [0.2, 0.25) is 0 Å². The molecular weight excluding hydrogens is 394 g/mol. The molecule has 3 aromatic carbocycles. The first kappa shape index (κ1) is 22.2. The summed E-state index contributed by atoms with van der Waals surface area (Å²) in [6, 6.07) is 19.7. The van der Waals surface area contributed by atoms with Crippen LogP contribution in [0.5, 0.6) is 5.75 Å². The number of ether oxygens (including phenoxy) is 1. The van der Waals surface area contributed by atoms with E-state index < -0.39 is 0 Å². The number of para-hydroxylation sites is 1. The molecule has 0 saturated heterocycles. The molecule has 4 rings (SSSR count). The minimum Gasteiger partial charge on any atom is -0.492 e. The van der Waals surface area contributed by atoms with Gasteiger partial charge >= 0.3 is 0 Å². The molecule has 3 N–H and O–H groups in total. The fourth-order valence-electron chi connectivity index (χ4n) is 4.81. The van der Waals surface area contributed by atoms with Gasteiger partial charge in [-0.3, -0.25) is 4.90 Å². The molecule has 0 saturated carbocycles. The number of aryl methyl sites for hydroxylation is 1. The Labute approximate surface area is 192 Å². The molecule has 1 atom stereocenters. The van der Waals surface area contributed by atoms with Crippen LogP contribution >= 0.6 is 0 Å². The zero-order chi connectivity index (χ0) is 22.7. The highest BCUT2D eigenvalue weighted by Gasteiger charge is 2.20. The monoisotopic (exact) mass is 429 g/mol. The normalized spacial score (nSPS) is 14.9. The standard InChI is InChI=1S/C28H35N3O/c1-5-24(25-12-13-26(30-4)28(29)20(25)3)21-11-10-19(2)23(16-21)18-31-14-15-32-27-9-7-6-8-22(27)17-31/h6-13,16,24,30H,5,14-15,17-18,29H2,1-4H3. The third-order valence-electron chi connectivity index (χ3n) is 6.81. The first-order valence-corrected chi connectivity index (χ1v) is 11.6. The third kappa shape index (κ3) is 4.46. The van der Waals surface area contributed by atoms with E-state index in [0.29, 0.717) is 5.92 Å². The van der Waals surface area contributed by atoms with E-state index in [1.807, 2.05) is 13.1 Å². The van der Waals surface area contributed by atoms with Crippen LogP contribution < -0.4 is 15.8 Å². The van der Waals surface area contributed by atoms with E-state index in [4.69, 9.17) is 10.5 Å². The van der Waals surface area contributed by atoms with Crippen molar-refractivity contribution in [1.29, 1.82) is 0 Å². The van der Waals surface area contributed by atoms with E-state index >= 15 is 0 Å². The van der Waals surface area contributed by atoms with Crippen LogP contribution in [0, 0.1) is 13.8 Å². The number of rotatable bonds is 6. The fourth-order valence-corrected chi connectivity index (χ4v) is 4.81. The van der Waals surface area contributed by atoms with Crippen molar-refractivity contribution in [1.82, 2.24) is 4.90 Å². The van der Waals surface area contributed by atoms with E-state index in [0.717, 1.165) is 49.8 Å². The molecule has 1 aliphatic rings. The minimum atomic E-state index is 0.329. The maximum absolute atomic E-state index is 6.41. The first-order valence-electron chi connectivity index (χ1n) is 11.6. The SMILES string of the molecule is CCC(c1ccc(C)c(CN2CCOc3ccccc3C2)c1)c1ccc(NC)c(N)c1C. The molecule has 4 heteroatoms. The maximum atomic E-state index is 6.41. The lowest BCUT2D eigenvalue weighted by Gasteiger charge is -2.24. The van der Waals surface area contributed by atoms with E-state index in [2.05, 4.69) is 79.5 Å². The summed E-state index contributed by atoms with van der Waals surface area (Å²) in [5, 5.41) is 3.19. The Balaban J connectivity index is 1.62. The number of nitrogens with zero attached hydrogens (tertiary/aromatic N) is 1. The van der Waals surface area contributed by atoms with Gasteiger partial charge in [0, 0.05) is 38.2 Å². The number of fused-ring (bicyclic) bond motifs is 1. The lowest BCUT2D eigenvalue weighted by molar-refractivity contribution is 0.219. The van der Waals surface area contributed by atoms with Crippen LogP contribution in [-0.4, -0.2) is 25.1 Å². The molecule has 1 aliphatic heterocycles. The number of anilines is 2. The van der Waals surface area contributed by atoms with Gasteiger partial charge in [-0.15, -0.1) is 0 Å². The highest BCUT2D eigenvalue weighted by molar-refractivity contribution is 5.71. The average molecular weight is 430 g/mol. The molecule has 0 aromatic heterocycles. The van der Waals surface area contributed by atoms with E-state index in [1.165, 1.54) is 33.4 Å². The third-order valence-corrected chi connectivity index (χ3v) is 6.81. The van der Waals surface area contributed by atoms with Gasteiger partial charge in [0.2, 0.25) is 0 Å². The van der Waals surface area contributed by atoms with Crippen molar-refractivity contribution in [3.8, 4) is 5.75 Å².